The molecule has 1 atom stereocenters. The molecule has 0 unspecified atom stereocenters. The molecule has 1 aliphatic rings. The number of benzene rings is 1. The average molecular weight is 317 g/mol. The Morgan fingerprint density at radius 1 is 1.48 bits per heavy atom. The highest BCUT2D eigenvalue weighted by Gasteiger charge is 2.35. The zero-order valence-corrected chi connectivity index (χ0v) is 12.2. The lowest BCUT2D eigenvalue weighted by Crippen LogP contribution is -2.37. The molecule has 1 saturated heterocycles. The summed E-state index contributed by atoms with van der Waals surface area (Å²) in [7, 11) is -3.95. The van der Waals surface area contributed by atoms with Crippen LogP contribution in [0.25, 0.3) is 0 Å². The van der Waals surface area contributed by atoms with E-state index in [0.29, 0.717) is 12.8 Å². The number of aryl methyl sites for hydroxylation is 1. The second kappa shape index (κ2) is 5.70. The van der Waals surface area contributed by atoms with Crippen molar-refractivity contribution >= 4 is 16.0 Å². The topological polar surface area (TPSA) is 94.9 Å². The van der Waals surface area contributed by atoms with Gasteiger partial charge >= 0.3 is 5.97 Å². The number of halogens is 1. The number of aromatic carboxylic acids is 1. The Bertz CT molecular complexity index is 673. The molecule has 1 aromatic carbocycles. The predicted octanol–water partition coefficient (Wildman–Crippen LogP) is 0.978. The first-order valence-corrected chi connectivity index (χ1v) is 7.89. The Hall–Kier alpha value is -1.51. The van der Waals surface area contributed by atoms with Gasteiger partial charge in [-0.05, 0) is 37.5 Å². The lowest BCUT2D eigenvalue weighted by molar-refractivity contribution is 0.0691. The van der Waals surface area contributed by atoms with Crippen molar-refractivity contribution in [2.75, 3.05) is 13.2 Å². The van der Waals surface area contributed by atoms with Crippen molar-refractivity contribution in [1.29, 1.82) is 0 Å². The van der Waals surface area contributed by atoms with E-state index in [4.69, 9.17) is 5.11 Å². The fourth-order valence-corrected chi connectivity index (χ4v) is 4.28. The van der Waals surface area contributed by atoms with Crippen LogP contribution in [0.15, 0.2) is 17.0 Å². The van der Waals surface area contributed by atoms with Crippen LogP contribution in [0.2, 0.25) is 0 Å². The van der Waals surface area contributed by atoms with Crippen LogP contribution in [0.1, 0.15) is 28.8 Å². The van der Waals surface area contributed by atoms with Gasteiger partial charge in [0.2, 0.25) is 10.0 Å². The third-order valence-electron chi connectivity index (χ3n) is 3.60. The van der Waals surface area contributed by atoms with E-state index >= 15 is 0 Å². The van der Waals surface area contributed by atoms with Crippen LogP contribution in [-0.4, -0.2) is 48.1 Å². The van der Waals surface area contributed by atoms with E-state index in [1.165, 1.54) is 6.92 Å². The number of carboxylic acids is 1. The molecule has 0 aromatic heterocycles. The van der Waals surface area contributed by atoms with Crippen LogP contribution in [0.4, 0.5) is 4.39 Å². The fourth-order valence-electron chi connectivity index (χ4n) is 2.48. The lowest BCUT2D eigenvalue weighted by atomic mass is 10.1. The Morgan fingerprint density at radius 3 is 2.71 bits per heavy atom. The number of carbonyl (C=O) groups is 1. The maximum Gasteiger partial charge on any atom is 0.338 e. The van der Waals surface area contributed by atoms with E-state index in [2.05, 4.69) is 0 Å². The van der Waals surface area contributed by atoms with E-state index in [1.807, 2.05) is 0 Å². The van der Waals surface area contributed by atoms with Gasteiger partial charge in [0.15, 0.2) is 0 Å². The van der Waals surface area contributed by atoms with Crippen molar-refractivity contribution in [3.8, 4) is 0 Å². The Morgan fingerprint density at radius 2 is 2.14 bits per heavy atom. The molecule has 6 nitrogen and oxygen atoms in total. The van der Waals surface area contributed by atoms with Gasteiger partial charge in [0, 0.05) is 12.6 Å². The first kappa shape index (κ1) is 15.9. The Labute approximate surface area is 121 Å². The minimum absolute atomic E-state index is 0.0479. The standard InChI is InChI=1S/C13H16FNO5S/c1-8-5-10(6-11(12(8)14)13(17)18)21(19,20)15-4-2-3-9(15)7-16/h5-6,9,16H,2-4,7H2,1H3,(H,17,18)/t9-/m0/s1. The van der Waals surface area contributed by atoms with Crippen molar-refractivity contribution < 1.29 is 27.8 Å². The molecule has 1 aliphatic heterocycles. The van der Waals surface area contributed by atoms with Gasteiger partial charge in [-0.25, -0.2) is 17.6 Å². The maximum atomic E-state index is 13.7. The molecule has 0 bridgehead atoms. The Kier molecular flexibility index (Phi) is 4.31. The summed E-state index contributed by atoms with van der Waals surface area (Å²) < 4.78 is 39.9. The van der Waals surface area contributed by atoms with Gasteiger partial charge in [-0.2, -0.15) is 4.31 Å². The van der Waals surface area contributed by atoms with E-state index in [-0.39, 0.29) is 23.6 Å². The smallest absolute Gasteiger partial charge is 0.338 e. The molecular formula is C13H16FNO5S. The van der Waals surface area contributed by atoms with E-state index in [1.54, 1.807) is 0 Å². The summed E-state index contributed by atoms with van der Waals surface area (Å²) in [5.41, 5.74) is -0.721. The summed E-state index contributed by atoms with van der Waals surface area (Å²) in [6.07, 6.45) is 1.16. The van der Waals surface area contributed by atoms with Gasteiger partial charge in [-0.1, -0.05) is 0 Å². The number of hydrogen-bond donors (Lipinski definition) is 2. The largest absolute Gasteiger partial charge is 0.478 e. The second-order valence-electron chi connectivity index (χ2n) is 5.00. The summed E-state index contributed by atoms with van der Waals surface area (Å²) in [6.45, 7) is 1.27. The zero-order valence-electron chi connectivity index (χ0n) is 11.4. The first-order valence-electron chi connectivity index (χ1n) is 6.45. The highest BCUT2D eigenvalue weighted by molar-refractivity contribution is 7.89. The van der Waals surface area contributed by atoms with Crippen LogP contribution in [0, 0.1) is 12.7 Å². The van der Waals surface area contributed by atoms with Gasteiger partial charge in [0.25, 0.3) is 0 Å². The molecule has 0 spiro atoms. The van der Waals surface area contributed by atoms with E-state index in [9.17, 15) is 22.7 Å². The average Bonchev–Trinajstić information content (AvgIpc) is 2.90. The molecule has 0 radical (unpaired) electrons. The van der Waals surface area contributed by atoms with Crippen molar-refractivity contribution in [3.63, 3.8) is 0 Å². The Balaban J connectivity index is 2.53. The molecule has 1 fully saturated rings. The molecule has 8 heteroatoms. The molecular weight excluding hydrogens is 301 g/mol. The van der Waals surface area contributed by atoms with Crippen molar-refractivity contribution in [2.45, 2.75) is 30.7 Å². The highest BCUT2D eigenvalue weighted by atomic mass is 32.2. The second-order valence-corrected chi connectivity index (χ2v) is 6.89. The fraction of sp³-hybridized carbons (Fsp3) is 0.462. The molecule has 1 aromatic rings. The molecule has 2 N–H and O–H groups in total. The summed E-state index contributed by atoms with van der Waals surface area (Å²) in [5, 5.41) is 18.2. The minimum Gasteiger partial charge on any atom is -0.478 e. The summed E-state index contributed by atoms with van der Waals surface area (Å²) >= 11 is 0. The van der Waals surface area contributed by atoms with Crippen molar-refractivity contribution in [2.24, 2.45) is 0 Å². The van der Waals surface area contributed by atoms with Crippen LogP contribution in [0.3, 0.4) is 0 Å². The lowest BCUT2D eigenvalue weighted by Gasteiger charge is -2.22. The van der Waals surface area contributed by atoms with Crippen LogP contribution < -0.4 is 0 Å². The molecule has 0 amide bonds. The number of nitrogens with zero attached hydrogens (tertiary/aromatic N) is 1. The SMILES string of the molecule is Cc1cc(S(=O)(=O)N2CCC[C@H]2CO)cc(C(=O)O)c1F. The quantitative estimate of drug-likeness (QED) is 0.863. The number of hydrogen-bond acceptors (Lipinski definition) is 4. The van der Waals surface area contributed by atoms with Crippen LogP contribution >= 0.6 is 0 Å². The monoisotopic (exact) mass is 317 g/mol. The molecule has 0 saturated carbocycles. The molecule has 116 valence electrons. The van der Waals surface area contributed by atoms with Crippen molar-refractivity contribution in [1.82, 2.24) is 4.31 Å². The van der Waals surface area contributed by atoms with Gasteiger partial charge in [-0.15, -0.1) is 0 Å². The third-order valence-corrected chi connectivity index (χ3v) is 5.53. The van der Waals surface area contributed by atoms with Gasteiger partial charge < -0.3 is 10.2 Å². The van der Waals surface area contributed by atoms with Gasteiger partial charge in [-0.3, -0.25) is 0 Å². The van der Waals surface area contributed by atoms with Crippen LogP contribution in [-0.2, 0) is 10.0 Å². The number of sulfonamides is 1. The number of aliphatic hydroxyl groups excluding tert-OH is 1. The maximum absolute atomic E-state index is 13.7. The summed E-state index contributed by atoms with van der Waals surface area (Å²) in [6, 6.07) is 1.42. The van der Waals surface area contributed by atoms with Crippen LogP contribution in [0.5, 0.6) is 0 Å². The predicted molar refractivity (Wildman–Crippen MR) is 72.1 cm³/mol. The van der Waals surface area contributed by atoms with Gasteiger partial charge in [0.05, 0.1) is 17.1 Å². The van der Waals surface area contributed by atoms with Gasteiger partial charge in [0.1, 0.15) is 5.82 Å². The first-order chi connectivity index (χ1) is 9.78. The number of aliphatic hydroxyl groups is 1. The number of carboxylic acid groups (broad SMARTS) is 1. The van der Waals surface area contributed by atoms with E-state index < -0.39 is 33.4 Å². The molecule has 1 heterocycles. The molecule has 2 rings (SSSR count). The molecule has 0 aliphatic carbocycles. The normalized spacial score (nSPS) is 19.9. The molecule has 21 heavy (non-hydrogen) atoms. The zero-order chi connectivity index (χ0) is 15.8. The highest BCUT2D eigenvalue weighted by Crippen LogP contribution is 2.28. The summed E-state index contributed by atoms with van der Waals surface area (Å²) in [4.78, 5) is 10.7. The van der Waals surface area contributed by atoms with Crippen molar-refractivity contribution in [3.05, 3.63) is 29.1 Å². The summed E-state index contributed by atoms with van der Waals surface area (Å²) in [5.74, 6) is -2.46. The van der Waals surface area contributed by atoms with E-state index in [0.717, 1.165) is 16.4 Å². The minimum atomic E-state index is -3.95. The number of rotatable bonds is 4. The third kappa shape index (κ3) is 2.78.